The monoisotopic (exact) mass is 498 g/mol. The Morgan fingerprint density at radius 3 is 1.86 bits per heavy atom. The molecule has 2 aromatic rings. The van der Waals surface area contributed by atoms with Gasteiger partial charge < -0.3 is 37.2 Å². The summed E-state index contributed by atoms with van der Waals surface area (Å²) < 4.78 is 0. The van der Waals surface area contributed by atoms with Crippen molar-refractivity contribution in [1.82, 2.24) is 0 Å². The van der Waals surface area contributed by atoms with E-state index in [-0.39, 0.29) is 64.0 Å². The van der Waals surface area contributed by atoms with Gasteiger partial charge in [0, 0.05) is 0 Å². The zero-order valence-electron chi connectivity index (χ0n) is 18.3. The number of hydrogen-bond acceptors (Lipinski definition) is 0. The Bertz CT molecular complexity index is 892. The van der Waals surface area contributed by atoms with Gasteiger partial charge in [0.15, 0.2) is 0 Å². The number of rotatable bonds is 3. The average molecular weight is 500 g/mol. The molecule has 0 aromatic heterocycles. The fraction of sp³-hybridized carbons (Fsp3) is 0.333. The molecular formula is C24H29Cl3SiTi. The van der Waals surface area contributed by atoms with Crippen LogP contribution < -0.4 is 47.6 Å². The maximum Gasteiger partial charge on any atom is 4.00 e. The van der Waals surface area contributed by atoms with Gasteiger partial charge in [-0.25, -0.2) is 5.57 Å². The van der Waals surface area contributed by atoms with E-state index in [2.05, 4.69) is 103 Å². The van der Waals surface area contributed by atoms with Crippen LogP contribution in [0.3, 0.4) is 0 Å². The largest absolute Gasteiger partial charge is 4.00 e. The van der Waals surface area contributed by atoms with Crippen molar-refractivity contribution in [3.05, 3.63) is 82.5 Å². The molecule has 0 spiro atoms. The second-order valence-electron chi connectivity index (χ2n) is 7.93. The van der Waals surface area contributed by atoms with Gasteiger partial charge >= 0.3 is 21.7 Å². The Labute approximate surface area is 211 Å². The molecule has 1 aliphatic carbocycles. The minimum Gasteiger partial charge on any atom is -1.00 e. The van der Waals surface area contributed by atoms with Crippen molar-refractivity contribution >= 4 is 18.4 Å². The molecule has 0 aliphatic heterocycles. The first-order chi connectivity index (χ1) is 11.7. The summed E-state index contributed by atoms with van der Waals surface area (Å²) in [4.78, 5) is 0. The minimum atomic E-state index is -2.11. The number of halogens is 3. The molecule has 2 atom stereocenters. The summed E-state index contributed by atoms with van der Waals surface area (Å²) in [6, 6.07) is 18.1. The molecule has 0 N–H and O–H groups in total. The molecule has 2 unspecified atom stereocenters. The van der Waals surface area contributed by atoms with Crippen LogP contribution in [0.5, 0.6) is 0 Å². The van der Waals surface area contributed by atoms with E-state index in [9.17, 15) is 0 Å². The zero-order chi connectivity index (χ0) is 18.4. The second kappa shape index (κ2) is 11.4. The van der Waals surface area contributed by atoms with Crippen molar-refractivity contribution in [2.45, 2.75) is 53.1 Å². The molecule has 3 rings (SSSR count). The predicted molar refractivity (Wildman–Crippen MR) is 112 cm³/mol. The Hall–Kier alpha value is -0.279. The molecule has 2 aromatic carbocycles. The Kier molecular flexibility index (Phi) is 12.1. The van der Waals surface area contributed by atoms with Crippen LogP contribution in [0.1, 0.15) is 38.8 Å². The van der Waals surface area contributed by atoms with Crippen LogP contribution >= 0.6 is 0 Å². The van der Waals surface area contributed by atoms with Gasteiger partial charge in [-0.2, -0.15) is 11.1 Å². The van der Waals surface area contributed by atoms with Crippen molar-refractivity contribution in [3.63, 3.8) is 0 Å². The molecule has 0 heterocycles. The van der Waals surface area contributed by atoms with Crippen LogP contribution in [0.2, 0.25) is 11.6 Å². The van der Waals surface area contributed by atoms with Gasteiger partial charge in [0.2, 0.25) is 0 Å². The summed E-state index contributed by atoms with van der Waals surface area (Å²) in [5.41, 5.74) is 6.98. The first-order valence-corrected chi connectivity index (χ1v) is 11.6. The molecule has 5 heteroatoms. The summed E-state index contributed by atoms with van der Waals surface area (Å²) in [5.74, 6) is 0. The number of benzene rings is 2. The normalized spacial score (nSPS) is 19.6. The fourth-order valence-corrected chi connectivity index (χ4v) is 9.53. The third-order valence-electron chi connectivity index (χ3n) is 6.60. The molecule has 0 radical (unpaired) electrons. The number of aryl methyl sites for hydroxylation is 2. The van der Waals surface area contributed by atoms with Crippen molar-refractivity contribution in [1.29, 1.82) is 0 Å². The number of allylic oxidation sites excluding steroid dienone is 4. The maximum absolute atomic E-state index is 3.92. The molecular weight excluding hydrogens is 471 g/mol. The smallest absolute Gasteiger partial charge is 1.00 e. The zero-order valence-corrected chi connectivity index (χ0v) is 23.1. The van der Waals surface area contributed by atoms with E-state index in [1.54, 1.807) is 0 Å². The van der Waals surface area contributed by atoms with Gasteiger partial charge in [-0.05, 0) is 13.8 Å². The number of hydrogen-bond donors (Lipinski definition) is 0. The third-order valence-corrected chi connectivity index (χ3v) is 12.2. The quantitative estimate of drug-likeness (QED) is 0.302. The molecule has 29 heavy (non-hydrogen) atoms. The summed E-state index contributed by atoms with van der Waals surface area (Å²) >= 11 is 0. The first kappa shape index (κ1) is 30.9. The average Bonchev–Trinajstić information content (AvgIpc) is 2.81. The molecule has 154 valence electrons. The van der Waals surface area contributed by atoms with Crippen molar-refractivity contribution in [3.8, 4) is 0 Å². The van der Waals surface area contributed by atoms with E-state index < -0.39 is 8.07 Å². The van der Waals surface area contributed by atoms with Gasteiger partial charge in [0.25, 0.3) is 0 Å². The van der Waals surface area contributed by atoms with Crippen molar-refractivity contribution < 1.29 is 58.9 Å². The van der Waals surface area contributed by atoms with Crippen LogP contribution in [0.15, 0.2) is 65.3 Å². The van der Waals surface area contributed by atoms with Crippen molar-refractivity contribution in [2.24, 2.45) is 0 Å². The summed E-state index contributed by atoms with van der Waals surface area (Å²) in [6.45, 7) is 16.2. The van der Waals surface area contributed by atoms with Crippen LogP contribution in [-0.2, 0) is 21.7 Å². The van der Waals surface area contributed by atoms with Crippen LogP contribution in [0.25, 0.3) is 0 Å². The van der Waals surface area contributed by atoms with E-state index >= 15 is 0 Å². The Morgan fingerprint density at radius 2 is 1.38 bits per heavy atom. The van der Waals surface area contributed by atoms with Crippen LogP contribution in [0, 0.1) is 19.9 Å². The Balaban J connectivity index is 0. The standard InChI is InChI=1S/C24H29Si.3ClH.Ti/c1-17-13-14-18(2)23(15-17)25(7,22-11-9-8-10-12-22)24(6)16-19(3)20(4)21(24)5;;;;/h8-15H,1-7H3;3*1H;/q-1;;;;+4/p-3. The van der Waals surface area contributed by atoms with Gasteiger partial charge in [-0.15, -0.1) is 6.92 Å². The summed E-state index contributed by atoms with van der Waals surface area (Å²) in [7, 11) is -2.11. The van der Waals surface area contributed by atoms with Gasteiger partial charge in [0.1, 0.15) is 8.07 Å². The van der Waals surface area contributed by atoms with Crippen molar-refractivity contribution in [2.75, 3.05) is 0 Å². The van der Waals surface area contributed by atoms with E-state index in [1.807, 2.05) is 0 Å². The molecule has 0 saturated heterocycles. The first-order valence-electron chi connectivity index (χ1n) is 9.15. The maximum atomic E-state index is 3.92. The Morgan fingerprint density at radius 1 is 0.828 bits per heavy atom. The van der Waals surface area contributed by atoms with E-state index in [0.717, 1.165) is 0 Å². The molecule has 0 saturated carbocycles. The third kappa shape index (κ3) is 4.97. The van der Waals surface area contributed by atoms with Gasteiger partial charge in [-0.3, -0.25) is 6.08 Å². The van der Waals surface area contributed by atoms with Gasteiger partial charge in [-0.1, -0.05) is 102 Å². The van der Waals surface area contributed by atoms with E-state index in [4.69, 9.17) is 0 Å². The van der Waals surface area contributed by atoms with Crippen LogP contribution in [0.4, 0.5) is 0 Å². The van der Waals surface area contributed by atoms with Gasteiger partial charge in [0.05, 0.1) is 0 Å². The summed E-state index contributed by atoms with van der Waals surface area (Å²) in [6.07, 6.45) is 3.92. The summed E-state index contributed by atoms with van der Waals surface area (Å²) in [5, 5.41) is 3.00. The van der Waals surface area contributed by atoms with Crippen LogP contribution in [-0.4, -0.2) is 8.07 Å². The molecule has 0 fully saturated rings. The second-order valence-corrected chi connectivity index (χ2v) is 12.3. The molecule has 1 aliphatic rings. The van der Waals surface area contributed by atoms with E-state index in [1.165, 1.54) is 38.2 Å². The molecule has 0 bridgehead atoms. The van der Waals surface area contributed by atoms with E-state index in [0.29, 0.717) is 0 Å². The predicted octanol–water partition coefficient (Wildman–Crippen LogP) is -3.63. The molecule has 0 amide bonds. The fourth-order valence-electron chi connectivity index (χ4n) is 4.48. The minimum absolute atomic E-state index is 0. The topological polar surface area (TPSA) is 0 Å². The molecule has 0 nitrogen and oxygen atoms in total. The SMILES string of the molecule is CC1=[C-]C(C)([Si](C)(c2ccccc2)c2cc(C)ccc2C)C(C)=C1C.[Cl-].[Cl-].[Cl-].[Ti+4].